The third-order valence-electron chi connectivity index (χ3n) is 7.29. The topological polar surface area (TPSA) is 72.2 Å². The lowest BCUT2D eigenvalue weighted by Gasteiger charge is -2.29. The highest BCUT2D eigenvalue weighted by atomic mass is 16.5. The number of amides is 1. The molecular formula is C30H36N2O5. The fourth-order valence-electron chi connectivity index (χ4n) is 5.32. The van der Waals surface area contributed by atoms with Crippen LogP contribution in [0.1, 0.15) is 65.9 Å². The van der Waals surface area contributed by atoms with Crippen LogP contribution in [-0.4, -0.2) is 61.7 Å². The minimum atomic E-state index is -0.507. The van der Waals surface area contributed by atoms with E-state index >= 15 is 0 Å². The fourth-order valence-corrected chi connectivity index (χ4v) is 5.32. The van der Waals surface area contributed by atoms with Gasteiger partial charge < -0.3 is 18.8 Å². The highest BCUT2D eigenvalue weighted by molar-refractivity contribution is 5.99. The zero-order valence-electron chi connectivity index (χ0n) is 21.8. The molecule has 1 atom stereocenters. The first kappa shape index (κ1) is 25.5. The second-order valence-corrected chi connectivity index (χ2v) is 10.0. The molecule has 37 heavy (non-hydrogen) atoms. The van der Waals surface area contributed by atoms with E-state index < -0.39 is 6.04 Å². The Kier molecular flexibility index (Phi) is 7.91. The molecule has 196 valence electrons. The van der Waals surface area contributed by atoms with Gasteiger partial charge in [0.05, 0.1) is 36.8 Å². The van der Waals surface area contributed by atoms with Crippen molar-refractivity contribution in [2.75, 3.05) is 46.0 Å². The van der Waals surface area contributed by atoms with Crippen LogP contribution in [0.25, 0.3) is 11.0 Å². The summed E-state index contributed by atoms with van der Waals surface area (Å²) in [4.78, 5) is 31.6. The largest absolute Gasteiger partial charge is 0.494 e. The number of ether oxygens (including phenoxy) is 2. The first-order valence-corrected chi connectivity index (χ1v) is 13.5. The number of benzene rings is 2. The minimum Gasteiger partial charge on any atom is -0.494 e. The maximum atomic E-state index is 13.8. The summed E-state index contributed by atoms with van der Waals surface area (Å²) < 4.78 is 17.6. The quantitative estimate of drug-likeness (QED) is 0.364. The van der Waals surface area contributed by atoms with E-state index in [-0.39, 0.29) is 17.1 Å². The fraction of sp³-hybridized carbons (Fsp3) is 0.467. The number of morpholine rings is 1. The predicted octanol–water partition coefficient (Wildman–Crippen LogP) is 4.94. The minimum absolute atomic E-state index is 0.136. The lowest BCUT2D eigenvalue weighted by molar-refractivity contribution is 0.0353. The van der Waals surface area contributed by atoms with E-state index in [1.54, 1.807) is 11.0 Å². The molecule has 1 aromatic heterocycles. The molecule has 1 fully saturated rings. The number of hydrogen-bond donors (Lipinski definition) is 0. The Balaban J connectivity index is 1.49. The maximum Gasteiger partial charge on any atom is 0.290 e. The van der Waals surface area contributed by atoms with E-state index in [0.717, 1.165) is 75.4 Å². The summed E-state index contributed by atoms with van der Waals surface area (Å²) in [6.45, 7) is 9.46. The molecule has 3 heterocycles. The zero-order chi connectivity index (χ0) is 25.8. The van der Waals surface area contributed by atoms with Crippen LogP contribution in [-0.2, 0) is 4.74 Å². The molecule has 0 N–H and O–H groups in total. The van der Waals surface area contributed by atoms with Crippen molar-refractivity contribution in [1.82, 2.24) is 9.80 Å². The van der Waals surface area contributed by atoms with Crippen LogP contribution < -0.4 is 10.2 Å². The van der Waals surface area contributed by atoms with Crippen molar-refractivity contribution < 1.29 is 18.7 Å². The molecule has 0 radical (unpaired) electrons. The highest BCUT2D eigenvalue weighted by Gasteiger charge is 2.42. The van der Waals surface area contributed by atoms with Crippen LogP contribution in [0.4, 0.5) is 0 Å². The van der Waals surface area contributed by atoms with Gasteiger partial charge in [-0.15, -0.1) is 0 Å². The second kappa shape index (κ2) is 11.5. The van der Waals surface area contributed by atoms with Crippen molar-refractivity contribution in [2.45, 2.75) is 45.6 Å². The lowest BCUT2D eigenvalue weighted by Crippen LogP contribution is -2.38. The van der Waals surface area contributed by atoms with Crippen molar-refractivity contribution in [3.05, 3.63) is 75.1 Å². The molecule has 0 saturated carbocycles. The Morgan fingerprint density at radius 3 is 2.65 bits per heavy atom. The molecule has 1 amide bonds. The smallest absolute Gasteiger partial charge is 0.290 e. The monoisotopic (exact) mass is 504 g/mol. The second-order valence-electron chi connectivity index (χ2n) is 10.0. The molecule has 2 aromatic carbocycles. The number of rotatable bonds is 10. The SMILES string of the molecule is CCCCCOc1cccc(C2c3c(oc4ccc(C)cc4c3=O)C(=O)N2CCCN2CCOCC2)c1. The molecule has 1 unspecified atom stereocenters. The van der Waals surface area contributed by atoms with E-state index in [4.69, 9.17) is 13.9 Å². The predicted molar refractivity (Wildman–Crippen MR) is 143 cm³/mol. The molecular weight excluding hydrogens is 468 g/mol. The Morgan fingerprint density at radius 1 is 1.00 bits per heavy atom. The van der Waals surface area contributed by atoms with Crippen molar-refractivity contribution >= 4 is 16.9 Å². The molecule has 0 aliphatic carbocycles. The summed E-state index contributed by atoms with van der Waals surface area (Å²) in [5, 5.41) is 0.513. The van der Waals surface area contributed by atoms with E-state index in [1.165, 1.54) is 0 Å². The zero-order valence-corrected chi connectivity index (χ0v) is 21.8. The van der Waals surface area contributed by atoms with Gasteiger partial charge in [0.1, 0.15) is 11.3 Å². The van der Waals surface area contributed by atoms with Gasteiger partial charge in [-0.2, -0.15) is 0 Å². The molecule has 5 rings (SSSR count). The Hall–Kier alpha value is -3.16. The molecule has 1 saturated heterocycles. The number of aryl methyl sites for hydroxylation is 1. The van der Waals surface area contributed by atoms with Gasteiger partial charge >= 0.3 is 0 Å². The molecule has 7 nitrogen and oxygen atoms in total. The van der Waals surface area contributed by atoms with Gasteiger partial charge in [-0.1, -0.05) is 43.5 Å². The molecule has 2 aliphatic heterocycles. The maximum absolute atomic E-state index is 13.8. The van der Waals surface area contributed by atoms with Gasteiger partial charge in [-0.3, -0.25) is 14.5 Å². The third-order valence-corrected chi connectivity index (χ3v) is 7.29. The number of fused-ring (bicyclic) bond motifs is 2. The summed E-state index contributed by atoms with van der Waals surface area (Å²) in [7, 11) is 0. The van der Waals surface area contributed by atoms with Gasteiger partial charge in [0.2, 0.25) is 5.76 Å². The van der Waals surface area contributed by atoms with Crippen molar-refractivity contribution in [3.8, 4) is 5.75 Å². The summed E-state index contributed by atoms with van der Waals surface area (Å²) in [5.41, 5.74) is 2.58. The summed E-state index contributed by atoms with van der Waals surface area (Å²) in [5.74, 6) is 0.687. The third kappa shape index (κ3) is 5.43. The molecule has 0 bridgehead atoms. The number of unbranched alkanes of at least 4 members (excludes halogenated alkanes) is 2. The van der Waals surface area contributed by atoms with Gasteiger partial charge in [-0.25, -0.2) is 0 Å². The molecule has 0 spiro atoms. The van der Waals surface area contributed by atoms with E-state index in [9.17, 15) is 9.59 Å². The number of carbonyl (C=O) groups excluding carboxylic acids is 1. The average Bonchev–Trinajstić information content (AvgIpc) is 3.19. The molecule has 2 aliphatic rings. The van der Waals surface area contributed by atoms with Gasteiger partial charge in [0.25, 0.3) is 5.91 Å². The molecule has 3 aromatic rings. The lowest BCUT2D eigenvalue weighted by atomic mass is 9.98. The van der Waals surface area contributed by atoms with E-state index in [1.807, 2.05) is 43.3 Å². The van der Waals surface area contributed by atoms with Crippen LogP contribution in [0.5, 0.6) is 5.75 Å². The first-order valence-electron chi connectivity index (χ1n) is 13.5. The Bertz CT molecular complexity index is 1310. The van der Waals surface area contributed by atoms with Gasteiger partial charge in [0, 0.05) is 26.2 Å². The highest BCUT2D eigenvalue weighted by Crippen LogP contribution is 2.39. The van der Waals surface area contributed by atoms with Gasteiger partial charge in [-0.05, 0) is 49.6 Å². The van der Waals surface area contributed by atoms with Crippen molar-refractivity contribution in [2.24, 2.45) is 0 Å². The molecule has 7 heteroatoms. The van der Waals surface area contributed by atoms with Crippen LogP contribution in [0, 0.1) is 6.92 Å². The summed E-state index contributed by atoms with van der Waals surface area (Å²) >= 11 is 0. The Morgan fingerprint density at radius 2 is 1.84 bits per heavy atom. The first-order chi connectivity index (χ1) is 18.1. The number of nitrogens with zero attached hydrogens (tertiary/aromatic N) is 2. The van der Waals surface area contributed by atoms with E-state index in [0.29, 0.717) is 29.7 Å². The van der Waals surface area contributed by atoms with Crippen LogP contribution in [0.15, 0.2) is 51.7 Å². The van der Waals surface area contributed by atoms with Crippen molar-refractivity contribution in [1.29, 1.82) is 0 Å². The van der Waals surface area contributed by atoms with E-state index in [2.05, 4.69) is 11.8 Å². The normalized spacial score (nSPS) is 17.9. The number of carbonyl (C=O) groups is 1. The van der Waals surface area contributed by atoms with Crippen LogP contribution >= 0.6 is 0 Å². The standard InChI is InChI=1S/C30H36N2O5/c1-3-4-5-16-36-23-9-6-8-22(20-23)27-26-28(33)24-19-21(2)10-11-25(24)37-29(26)30(34)32(27)13-7-12-31-14-17-35-18-15-31/h6,8-11,19-20,27H,3-5,7,12-18H2,1-2H3. The summed E-state index contributed by atoms with van der Waals surface area (Å²) in [6, 6.07) is 12.8. The van der Waals surface area contributed by atoms with Crippen LogP contribution in [0.3, 0.4) is 0 Å². The summed E-state index contributed by atoms with van der Waals surface area (Å²) in [6.07, 6.45) is 4.05. The Labute approximate surface area is 218 Å². The van der Waals surface area contributed by atoms with Crippen LogP contribution in [0.2, 0.25) is 0 Å². The van der Waals surface area contributed by atoms with Gasteiger partial charge in [0.15, 0.2) is 5.43 Å². The number of hydrogen-bond acceptors (Lipinski definition) is 6. The van der Waals surface area contributed by atoms with Crippen molar-refractivity contribution in [3.63, 3.8) is 0 Å². The average molecular weight is 505 g/mol.